The summed E-state index contributed by atoms with van der Waals surface area (Å²) in [6, 6.07) is 0. The molecule has 0 aliphatic carbocycles. The van der Waals surface area contributed by atoms with Crippen LogP contribution in [0.1, 0.15) is 27.7 Å². The van der Waals surface area contributed by atoms with Crippen LogP contribution in [0.2, 0.25) is 0 Å². The van der Waals surface area contributed by atoms with Crippen LogP contribution < -0.4 is 0 Å². The van der Waals surface area contributed by atoms with Crippen molar-refractivity contribution in [1.82, 2.24) is 0 Å². The Balaban J connectivity index is 2.75. The van der Waals surface area contributed by atoms with Gasteiger partial charge >= 0.3 is 0 Å². The molecule has 0 bridgehead atoms. The third-order valence-electron chi connectivity index (χ3n) is 2.26. The average Bonchev–Trinajstić information content (AvgIpc) is 2.30. The van der Waals surface area contributed by atoms with E-state index >= 15 is 0 Å². The van der Waals surface area contributed by atoms with Crippen molar-refractivity contribution in [2.45, 2.75) is 32.9 Å². The fourth-order valence-electron chi connectivity index (χ4n) is 1.57. The Morgan fingerprint density at radius 1 is 1.42 bits per heavy atom. The maximum absolute atomic E-state index is 4.04. The highest BCUT2D eigenvalue weighted by Crippen LogP contribution is 2.43. The number of allylic oxidation sites excluding steroid dienone is 2. The molecule has 1 aliphatic heterocycles. The second-order valence-corrected chi connectivity index (χ2v) is 5.68. The first kappa shape index (κ1) is 9.91. The normalized spacial score (nSPS) is 29.3. The Kier molecular flexibility index (Phi) is 2.72. The second-order valence-electron chi connectivity index (χ2n) is 4.62. The van der Waals surface area contributed by atoms with E-state index in [0.29, 0.717) is 16.6 Å². The highest BCUT2D eigenvalue weighted by molar-refractivity contribution is 8.03. The first-order valence-corrected chi connectivity index (χ1v) is 5.35. The Morgan fingerprint density at radius 3 is 2.33 bits per heavy atom. The number of hydrogen-bond acceptors (Lipinski definition) is 1. The van der Waals surface area contributed by atoms with Crippen LogP contribution in [-0.2, 0) is 0 Å². The summed E-state index contributed by atoms with van der Waals surface area (Å²) in [6.45, 7) is 13.1. The van der Waals surface area contributed by atoms with Crippen molar-refractivity contribution in [3.8, 4) is 0 Å². The minimum absolute atomic E-state index is 0.373. The predicted octanol–water partition coefficient (Wildman–Crippen LogP) is 3.85. The molecule has 0 aromatic rings. The van der Waals surface area contributed by atoms with Gasteiger partial charge in [-0.3, -0.25) is 0 Å². The van der Waals surface area contributed by atoms with Gasteiger partial charge in [0.05, 0.1) is 0 Å². The Bertz CT molecular complexity index is 208. The minimum atomic E-state index is 0.373. The third kappa shape index (κ3) is 1.95. The Morgan fingerprint density at radius 2 is 2.00 bits per heavy atom. The Labute approximate surface area is 80.1 Å². The van der Waals surface area contributed by atoms with Crippen molar-refractivity contribution < 1.29 is 0 Å². The molecule has 0 nitrogen and oxygen atoms in total. The van der Waals surface area contributed by atoms with Gasteiger partial charge in [-0.1, -0.05) is 39.0 Å². The standard InChI is InChI=1S/C11H18S/c1-8(2)9-6-7-12-10(9)11(3,4)5/h6-7,9-10H,1H2,2-5H3. The molecule has 0 aromatic heterocycles. The number of hydrogen-bond donors (Lipinski definition) is 0. The molecule has 1 heteroatoms. The van der Waals surface area contributed by atoms with E-state index < -0.39 is 0 Å². The summed E-state index contributed by atoms with van der Waals surface area (Å²) in [5.41, 5.74) is 1.66. The molecule has 1 rings (SSSR count). The highest BCUT2D eigenvalue weighted by atomic mass is 32.2. The van der Waals surface area contributed by atoms with Crippen molar-refractivity contribution in [2.75, 3.05) is 0 Å². The molecule has 1 aliphatic rings. The molecule has 68 valence electrons. The van der Waals surface area contributed by atoms with Crippen molar-refractivity contribution in [3.63, 3.8) is 0 Å². The van der Waals surface area contributed by atoms with E-state index in [1.54, 1.807) is 0 Å². The van der Waals surface area contributed by atoms with E-state index in [1.165, 1.54) is 5.57 Å². The summed E-state index contributed by atoms with van der Waals surface area (Å²) in [6.07, 6.45) is 2.28. The van der Waals surface area contributed by atoms with Crippen LogP contribution in [0.3, 0.4) is 0 Å². The number of thioether (sulfide) groups is 1. The molecule has 12 heavy (non-hydrogen) atoms. The molecular weight excluding hydrogens is 164 g/mol. The van der Waals surface area contributed by atoms with Gasteiger partial charge in [0.15, 0.2) is 0 Å². The van der Waals surface area contributed by atoms with Crippen LogP contribution in [0.5, 0.6) is 0 Å². The summed E-state index contributed by atoms with van der Waals surface area (Å²) in [5.74, 6) is 0.579. The van der Waals surface area contributed by atoms with Gasteiger partial charge < -0.3 is 0 Å². The molecule has 0 N–H and O–H groups in total. The maximum Gasteiger partial charge on any atom is 0.0237 e. The predicted molar refractivity (Wildman–Crippen MR) is 58.3 cm³/mol. The van der Waals surface area contributed by atoms with E-state index in [1.807, 2.05) is 11.8 Å². The van der Waals surface area contributed by atoms with Crippen LogP contribution in [0.25, 0.3) is 0 Å². The van der Waals surface area contributed by atoms with Crippen LogP contribution >= 0.6 is 11.8 Å². The highest BCUT2D eigenvalue weighted by Gasteiger charge is 2.33. The molecule has 0 saturated carbocycles. The lowest BCUT2D eigenvalue weighted by atomic mass is 9.81. The van der Waals surface area contributed by atoms with Gasteiger partial charge in [0, 0.05) is 11.2 Å². The minimum Gasteiger partial charge on any atom is -0.130 e. The summed E-state index contributed by atoms with van der Waals surface area (Å²) >= 11 is 1.94. The SMILES string of the molecule is C=C(C)C1C=CSC1C(C)(C)C. The van der Waals surface area contributed by atoms with E-state index in [2.05, 4.69) is 45.8 Å². The maximum atomic E-state index is 4.04. The Hall–Kier alpha value is -0.170. The van der Waals surface area contributed by atoms with Gasteiger partial charge in [-0.25, -0.2) is 0 Å². The fourth-order valence-corrected chi connectivity index (χ4v) is 2.90. The third-order valence-corrected chi connectivity index (χ3v) is 3.87. The van der Waals surface area contributed by atoms with Crippen LogP contribution in [-0.4, -0.2) is 5.25 Å². The van der Waals surface area contributed by atoms with E-state index in [0.717, 1.165) is 0 Å². The average molecular weight is 182 g/mol. The van der Waals surface area contributed by atoms with Gasteiger partial charge in [0.2, 0.25) is 0 Å². The lowest BCUT2D eigenvalue weighted by Gasteiger charge is -2.31. The first-order chi connectivity index (χ1) is 5.43. The molecular formula is C11H18S. The van der Waals surface area contributed by atoms with Gasteiger partial charge in [0.25, 0.3) is 0 Å². The molecule has 2 atom stereocenters. The summed E-state index contributed by atoms with van der Waals surface area (Å²) in [5, 5.41) is 2.89. The van der Waals surface area contributed by atoms with E-state index in [4.69, 9.17) is 0 Å². The lowest BCUT2D eigenvalue weighted by molar-refractivity contribution is 0.364. The monoisotopic (exact) mass is 182 g/mol. The zero-order chi connectivity index (χ0) is 9.35. The zero-order valence-corrected chi connectivity index (χ0v) is 9.24. The summed E-state index contributed by atoms with van der Waals surface area (Å²) < 4.78 is 0. The molecule has 0 aromatic carbocycles. The molecule has 0 spiro atoms. The fraction of sp³-hybridized carbons (Fsp3) is 0.636. The van der Waals surface area contributed by atoms with Gasteiger partial charge in [-0.15, -0.1) is 11.8 Å². The topological polar surface area (TPSA) is 0 Å². The van der Waals surface area contributed by atoms with Crippen LogP contribution in [0.4, 0.5) is 0 Å². The molecule has 0 radical (unpaired) electrons. The van der Waals surface area contributed by atoms with E-state index in [-0.39, 0.29) is 0 Å². The quantitative estimate of drug-likeness (QED) is 0.555. The van der Waals surface area contributed by atoms with Crippen molar-refractivity contribution in [1.29, 1.82) is 0 Å². The van der Waals surface area contributed by atoms with Gasteiger partial charge in [-0.2, -0.15) is 0 Å². The van der Waals surface area contributed by atoms with Crippen molar-refractivity contribution in [2.24, 2.45) is 11.3 Å². The van der Waals surface area contributed by atoms with Crippen LogP contribution in [0.15, 0.2) is 23.6 Å². The largest absolute Gasteiger partial charge is 0.130 e. The molecule has 0 amide bonds. The molecule has 0 saturated heterocycles. The van der Waals surface area contributed by atoms with Crippen molar-refractivity contribution in [3.05, 3.63) is 23.6 Å². The van der Waals surface area contributed by atoms with Crippen molar-refractivity contribution >= 4 is 11.8 Å². The first-order valence-electron chi connectivity index (χ1n) is 4.40. The molecule has 1 heterocycles. The van der Waals surface area contributed by atoms with E-state index in [9.17, 15) is 0 Å². The van der Waals surface area contributed by atoms with Crippen LogP contribution in [0, 0.1) is 11.3 Å². The summed E-state index contributed by atoms with van der Waals surface area (Å²) in [4.78, 5) is 0. The zero-order valence-electron chi connectivity index (χ0n) is 8.42. The smallest absolute Gasteiger partial charge is 0.0237 e. The lowest BCUT2D eigenvalue weighted by Crippen LogP contribution is -2.28. The summed E-state index contributed by atoms with van der Waals surface area (Å²) in [7, 11) is 0. The van der Waals surface area contributed by atoms with Gasteiger partial charge in [0.1, 0.15) is 0 Å². The van der Waals surface area contributed by atoms with Gasteiger partial charge in [-0.05, 0) is 17.7 Å². The second kappa shape index (κ2) is 3.29. The molecule has 0 fully saturated rings. The number of rotatable bonds is 1. The molecule has 2 unspecified atom stereocenters.